The Kier molecular flexibility index (Phi) is 4.87. The fourth-order valence-corrected chi connectivity index (χ4v) is 2.97. The Morgan fingerprint density at radius 2 is 2.21 bits per heavy atom. The summed E-state index contributed by atoms with van der Waals surface area (Å²) >= 11 is 9.56. The molecule has 1 amide bonds. The Hall–Kier alpha value is -0.580. The highest BCUT2D eigenvalue weighted by atomic mass is 79.9. The van der Waals surface area contributed by atoms with Crippen LogP contribution >= 0.6 is 27.5 Å². The first-order valence-electron chi connectivity index (χ1n) is 6.40. The molecule has 1 saturated heterocycles. The van der Waals surface area contributed by atoms with Gasteiger partial charge in [-0.05, 0) is 55.0 Å². The number of carbonyl (C=O) groups is 1. The van der Waals surface area contributed by atoms with Crippen LogP contribution in [0.1, 0.15) is 23.2 Å². The molecule has 1 aromatic carbocycles. The zero-order chi connectivity index (χ0) is 14.0. The Balaban J connectivity index is 2.17. The summed E-state index contributed by atoms with van der Waals surface area (Å²) in [4.78, 5) is 16.6. The highest BCUT2D eigenvalue weighted by molar-refractivity contribution is 9.10. The summed E-state index contributed by atoms with van der Waals surface area (Å²) in [6.07, 6.45) is 2.18. The van der Waals surface area contributed by atoms with Gasteiger partial charge in [-0.1, -0.05) is 17.7 Å². The van der Waals surface area contributed by atoms with Crippen LogP contribution in [-0.4, -0.2) is 48.9 Å². The zero-order valence-electron chi connectivity index (χ0n) is 11.2. The topological polar surface area (TPSA) is 23.6 Å². The molecule has 19 heavy (non-hydrogen) atoms. The zero-order valence-corrected chi connectivity index (χ0v) is 13.5. The van der Waals surface area contributed by atoms with E-state index >= 15 is 0 Å². The molecule has 0 radical (unpaired) electrons. The number of benzene rings is 1. The van der Waals surface area contributed by atoms with Gasteiger partial charge in [-0.15, -0.1) is 0 Å². The van der Waals surface area contributed by atoms with Crippen LogP contribution in [0, 0.1) is 0 Å². The van der Waals surface area contributed by atoms with Crippen molar-refractivity contribution in [3.05, 3.63) is 33.3 Å². The van der Waals surface area contributed by atoms with Gasteiger partial charge in [0.2, 0.25) is 0 Å². The van der Waals surface area contributed by atoms with Crippen LogP contribution in [0.3, 0.4) is 0 Å². The van der Waals surface area contributed by atoms with Crippen LogP contribution in [0.4, 0.5) is 0 Å². The Bertz CT molecular complexity index is 479. The quantitative estimate of drug-likeness (QED) is 0.821. The third kappa shape index (κ3) is 3.30. The Morgan fingerprint density at radius 3 is 2.89 bits per heavy atom. The van der Waals surface area contributed by atoms with Gasteiger partial charge >= 0.3 is 0 Å². The van der Waals surface area contributed by atoms with Gasteiger partial charge in [-0.25, -0.2) is 0 Å². The average Bonchev–Trinajstić information content (AvgIpc) is 2.41. The molecule has 5 heteroatoms. The SMILES string of the molecule is CN(C)C1CCCN(C(=O)c2cccc(Br)c2Cl)C1. The number of hydrogen-bond acceptors (Lipinski definition) is 2. The molecular formula is C14H18BrClN2O. The molecule has 3 nitrogen and oxygen atoms in total. The largest absolute Gasteiger partial charge is 0.337 e. The summed E-state index contributed by atoms with van der Waals surface area (Å²) in [5.74, 6) is 0.0258. The van der Waals surface area contributed by atoms with Gasteiger partial charge in [0, 0.05) is 23.6 Å². The van der Waals surface area contributed by atoms with Crippen molar-refractivity contribution in [3.63, 3.8) is 0 Å². The predicted molar refractivity (Wildman–Crippen MR) is 81.8 cm³/mol. The highest BCUT2D eigenvalue weighted by Gasteiger charge is 2.26. The van der Waals surface area contributed by atoms with E-state index in [1.54, 1.807) is 6.07 Å². The van der Waals surface area contributed by atoms with Crippen LogP contribution in [0.5, 0.6) is 0 Å². The fourth-order valence-electron chi connectivity index (χ4n) is 2.40. The van der Waals surface area contributed by atoms with Gasteiger partial charge in [-0.3, -0.25) is 4.79 Å². The van der Waals surface area contributed by atoms with Crippen LogP contribution < -0.4 is 0 Å². The van der Waals surface area contributed by atoms with Gasteiger partial charge in [0.15, 0.2) is 0 Å². The lowest BCUT2D eigenvalue weighted by molar-refractivity contribution is 0.0635. The first-order chi connectivity index (χ1) is 9.00. The molecule has 0 aromatic heterocycles. The molecule has 0 spiro atoms. The minimum atomic E-state index is 0.0258. The molecule has 1 atom stereocenters. The van der Waals surface area contributed by atoms with E-state index in [4.69, 9.17) is 11.6 Å². The number of halogens is 2. The Morgan fingerprint density at radius 1 is 1.47 bits per heavy atom. The van der Waals surface area contributed by atoms with Gasteiger partial charge in [0.05, 0.1) is 10.6 Å². The second-order valence-corrected chi connectivity index (χ2v) is 6.34. The minimum absolute atomic E-state index is 0.0258. The van der Waals surface area contributed by atoms with E-state index < -0.39 is 0 Å². The molecule has 2 rings (SSSR count). The molecule has 1 aromatic rings. The number of carbonyl (C=O) groups excluding carboxylic acids is 1. The van der Waals surface area contributed by atoms with Gasteiger partial charge in [-0.2, -0.15) is 0 Å². The first-order valence-corrected chi connectivity index (χ1v) is 7.57. The lowest BCUT2D eigenvalue weighted by Crippen LogP contribution is -2.47. The molecule has 104 valence electrons. The second-order valence-electron chi connectivity index (χ2n) is 5.11. The molecule has 0 aliphatic carbocycles. The first kappa shape index (κ1) is 14.8. The minimum Gasteiger partial charge on any atom is -0.337 e. The van der Waals surface area contributed by atoms with Gasteiger partial charge in [0.1, 0.15) is 0 Å². The lowest BCUT2D eigenvalue weighted by Gasteiger charge is -2.36. The Labute approximate surface area is 127 Å². The highest BCUT2D eigenvalue weighted by Crippen LogP contribution is 2.28. The van der Waals surface area contributed by atoms with E-state index in [0.29, 0.717) is 16.6 Å². The van der Waals surface area contributed by atoms with Gasteiger partial charge < -0.3 is 9.80 Å². The number of hydrogen-bond donors (Lipinski definition) is 0. The molecule has 1 fully saturated rings. The van der Waals surface area contributed by atoms with Crippen LogP contribution in [-0.2, 0) is 0 Å². The summed E-state index contributed by atoms with van der Waals surface area (Å²) in [6.45, 7) is 1.58. The number of likely N-dealkylation sites (tertiary alicyclic amines) is 1. The van der Waals surface area contributed by atoms with E-state index in [1.807, 2.05) is 17.0 Å². The number of rotatable bonds is 2. The maximum absolute atomic E-state index is 12.5. The molecule has 0 N–H and O–H groups in total. The summed E-state index contributed by atoms with van der Waals surface area (Å²) in [6, 6.07) is 5.91. The molecule has 1 aliphatic rings. The van der Waals surface area contributed by atoms with Crippen molar-refractivity contribution in [2.75, 3.05) is 27.2 Å². The van der Waals surface area contributed by atoms with Crippen molar-refractivity contribution in [3.8, 4) is 0 Å². The van der Waals surface area contributed by atoms with Gasteiger partial charge in [0.25, 0.3) is 5.91 Å². The molecule has 1 unspecified atom stereocenters. The lowest BCUT2D eigenvalue weighted by atomic mass is 10.0. The molecule has 1 aliphatic heterocycles. The summed E-state index contributed by atoms with van der Waals surface area (Å²) < 4.78 is 0.765. The smallest absolute Gasteiger partial charge is 0.255 e. The van der Waals surface area contributed by atoms with E-state index in [2.05, 4.69) is 34.9 Å². The molecule has 0 saturated carbocycles. The average molecular weight is 346 g/mol. The number of likely N-dealkylation sites (N-methyl/N-ethyl adjacent to an activating group) is 1. The van der Waals surface area contributed by atoms with E-state index in [9.17, 15) is 4.79 Å². The van der Waals surface area contributed by atoms with Crippen molar-refractivity contribution in [1.82, 2.24) is 9.80 Å². The normalized spacial score (nSPS) is 19.8. The monoisotopic (exact) mass is 344 g/mol. The molecule has 0 bridgehead atoms. The van der Waals surface area contributed by atoms with Crippen LogP contribution in [0.15, 0.2) is 22.7 Å². The van der Waals surface area contributed by atoms with Crippen molar-refractivity contribution in [1.29, 1.82) is 0 Å². The number of nitrogens with zero attached hydrogens (tertiary/aromatic N) is 2. The maximum Gasteiger partial charge on any atom is 0.255 e. The van der Waals surface area contributed by atoms with Crippen molar-refractivity contribution >= 4 is 33.4 Å². The number of amides is 1. The third-order valence-electron chi connectivity index (χ3n) is 3.60. The summed E-state index contributed by atoms with van der Waals surface area (Å²) in [5.41, 5.74) is 0.579. The summed E-state index contributed by atoms with van der Waals surface area (Å²) in [5, 5.41) is 0.500. The fraction of sp³-hybridized carbons (Fsp3) is 0.500. The van der Waals surface area contributed by atoms with E-state index in [0.717, 1.165) is 30.4 Å². The summed E-state index contributed by atoms with van der Waals surface area (Å²) in [7, 11) is 4.12. The maximum atomic E-state index is 12.5. The van der Waals surface area contributed by atoms with E-state index in [1.165, 1.54) is 0 Å². The standard InChI is InChI=1S/C14H18BrClN2O/c1-17(2)10-5-4-8-18(9-10)14(19)11-6-3-7-12(15)13(11)16/h3,6-7,10H,4-5,8-9H2,1-2H3. The molecule has 1 heterocycles. The number of piperidine rings is 1. The van der Waals surface area contributed by atoms with Crippen LogP contribution in [0.2, 0.25) is 5.02 Å². The van der Waals surface area contributed by atoms with Crippen molar-refractivity contribution in [2.45, 2.75) is 18.9 Å². The predicted octanol–water partition coefficient (Wildman–Crippen LogP) is 3.27. The second kappa shape index (κ2) is 6.25. The van der Waals surface area contributed by atoms with Crippen molar-refractivity contribution in [2.24, 2.45) is 0 Å². The third-order valence-corrected chi connectivity index (χ3v) is 4.89. The van der Waals surface area contributed by atoms with E-state index in [-0.39, 0.29) is 5.91 Å². The molecular weight excluding hydrogens is 328 g/mol. The van der Waals surface area contributed by atoms with Crippen molar-refractivity contribution < 1.29 is 4.79 Å². The van der Waals surface area contributed by atoms with Crippen LogP contribution in [0.25, 0.3) is 0 Å².